The first kappa shape index (κ1) is 21.1. The molecule has 0 spiro atoms. The number of benzene rings is 2. The molecular formula is C19H14ClF3N2O3S. The smallest absolute Gasteiger partial charge is 0.418 e. The fraction of sp³-hybridized carbons (Fsp3) is 0.158. The van der Waals surface area contributed by atoms with Crippen molar-refractivity contribution in [1.29, 1.82) is 0 Å². The number of aliphatic imine (C=N–C) groups is 1. The minimum absolute atomic E-state index is 0.0240. The summed E-state index contributed by atoms with van der Waals surface area (Å²) in [6.07, 6.45) is -3.08. The molecule has 0 saturated carbocycles. The summed E-state index contributed by atoms with van der Waals surface area (Å²) in [4.78, 5) is 16.5. The number of carbonyl (C=O) groups excluding carboxylic acids is 1. The van der Waals surface area contributed by atoms with Crippen LogP contribution in [0.2, 0.25) is 5.02 Å². The first-order valence-electron chi connectivity index (χ1n) is 8.09. The van der Waals surface area contributed by atoms with E-state index in [1.54, 1.807) is 24.3 Å². The van der Waals surface area contributed by atoms with Gasteiger partial charge in [-0.05, 0) is 54.2 Å². The number of halogens is 4. The van der Waals surface area contributed by atoms with Crippen LogP contribution in [-0.2, 0) is 11.0 Å². The summed E-state index contributed by atoms with van der Waals surface area (Å²) in [5, 5.41) is 2.43. The summed E-state index contributed by atoms with van der Waals surface area (Å²) in [6, 6.07) is 8.30. The maximum atomic E-state index is 13.2. The zero-order valence-corrected chi connectivity index (χ0v) is 16.7. The van der Waals surface area contributed by atoms with E-state index in [1.807, 2.05) is 0 Å². The van der Waals surface area contributed by atoms with Crippen molar-refractivity contribution in [3.63, 3.8) is 0 Å². The lowest BCUT2D eigenvalue weighted by molar-refractivity contribution is -0.137. The number of hydrogen-bond acceptors (Lipinski definition) is 5. The van der Waals surface area contributed by atoms with E-state index in [-0.39, 0.29) is 20.8 Å². The topological polar surface area (TPSA) is 59.9 Å². The van der Waals surface area contributed by atoms with Gasteiger partial charge in [-0.3, -0.25) is 4.79 Å². The van der Waals surface area contributed by atoms with Gasteiger partial charge < -0.3 is 14.8 Å². The van der Waals surface area contributed by atoms with Crippen LogP contribution in [0.3, 0.4) is 0 Å². The number of nitrogens with one attached hydrogen (secondary N) is 1. The molecule has 1 aliphatic heterocycles. The number of rotatable bonds is 4. The van der Waals surface area contributed by atoms with E-state index in [0.29, 0.717) is 17.1 Å². The summed E-state index contributed by atoms with van der Waals surface area (Å²) in [5.74, 6) is 0.584. The molecular weight excluding hydrogens is 429 g/mol. The Morgan fingerprint density at radius 3 is 2.55 bits per heavy atom. The molecule has 10 heteroatoms. The number of amides is 1. The van der Waals surface area contributed by atoms with Gasteiger partial charge in [0, 0.05) is 10.6 Å². The van der Waals surface area contributed by atoms with Crippen LogP contribution in [0.4, 0.5) is 18.9 Å². The van der Waals surface area contributed by atoms with Crippen molar-refractivity contribution in [3.05, 3.63) is 57.5 Å². The van der Waals surface area contributed by atoms with Crippen LogP contribution in [-0.4, -0.2) is 25.3 Å². The molecule has 152 valence electrons. The van der Waals surface area contributed by atoms with E-state index in [9.17, 15) is 18.0 Å². The lowest BCUT2D eigenvalue weighted by Crippen LogP contribution is -2.19. The average molecular weight is 443 g/mol. The Hall–Kier alpha value is -2.65. The Morgan fingerprint density at radius 1 is 1.14 bits per heavy atom. The Labute approximate surface area is 173 Å². The molecule has 29 heavy (non-hydrogen) atoms. The van der Waals surface area contributed by atoms with Gasteiger partial charge in [-0.25, -0.2) is 4.99 Å². The number of methoxy groups -OCH3 is 2. The molecule has 3 rings (SSSR count). The van der Waals surface area contributed by atoms with E-state index in [0.717, 1.165) is 23.9 Å². The molecule has 0 unspecified atom stereocenters. The lowest BCUT2D eigenvalue weighted by Gasteiger charge is -2.10. The van der Waals surface area contributed by atoms with Gasteiger partial charge in [0.15, 0.2) is 5.17 Å². The van der Waals surface area contributed by atoms with Crippen molar-refractivity contribution in [2.45, 2.75) is 6.18 Å². The third kappa shape index (κ3) is 4.86. The van der Waals surface area contributed by atoms with Crippen LogP contribution in [0.5, 0.6) is 11.5 Å². The molecule has 1 saturated heterocycles. The van der Waals surface area contributed by atoms with Crippen LogP contribution in [0, 0.1) is 0 Å². The Morgan fingerprint density at radius 2 is 1.90 bits per heavy atom. The van der Waals surface area contributed by atoms with Crippen molar-refractivity contribution in [2.24, 2.45) is 4.99 Å². The zero-order valence-electron chi connectivity index (χ0n) is 15.1. The summed E-state index contributed by atoms with van der Waals surface area (Å²) in [7, 11) is 2.99. The van der Waals surface area contributed by atoms with E-state index in [1.165, 1.54) is 20.3 Å². The van der Waals surface area contributed by atoms with Crippen molar-refractivity contribution >= 4 is 46.2 Å². The maximum absolute atomic E-state index is 13.2. The first-order valence-corrected chi connectivity index (χ1v) is 9.29. The van der Waals surface area contributed by atoms with Crippen molar-refractivity contribution < 1.29 is 27.4 Å². The zero-order chi connectivity index (χ0) is 21.2. The van der Waals surface area contributed by atoms with Crippen LogP contribution in [0.25, 0.3) is 6.08 Å². The second-order valence-electron chi connectivity index (χ2n) is 5.75. The fourth-order valence-corrected chi connectivity index (χ4v) is 3.51. The Bertz CT molecular complexity index is 1020. The Balaban J connectivity index is 1.95. The van der Waals surface area contributed by atoms with Crippen LogP contribution in [0.1, 0.15) is 11.1 Å². The molecule has 0 radical (unpaired) electrons. The SMILES string of the molecule is COc1ccc(OC)c(/C=C2\SC(=Nc3ccc(Cl)cc3C(F)(F)F)NC2=O)c1. The van der Waals surface area contributed by atoms with Crippen LogP contribution >= 0.6 is 23.4 Å². The summed E-state index contributed by atoms with van der Waals surface area (Å²) >= 11 is 6.59. The largest absolute Gasteiger partial charge is 0.497 e. The highest BCUT2D eigenvalue weighted by Crippen LogP contribution is 2.39. The summed E-state index contributed by atoms with van der Waals surface area (Å²) in [6.45, 7) is 0. The second-order valence-corrected chi connectivity index (χ2v) is 7.22. The predicted octanol–water partition coefficient (Wildman–Crippen LogP) is 5.27. The molecule has 5 nitrogen and oxygen atoms in total. The minimum atomic E-state index is -4.63. The molecule has 1 N–H and O–H groups in total. The third-order valence-electron chi connectivity index (χ3n) is 3.86. The van der Waals surface area contributed by atoms with E-state index in [2.05, 4.69) is 10.3 Å². The molecule has 0 aliphatic carbocycles. The summed E-state index contributed by atoms with van der Waals surface area (Å²) < 4.78 is 50.2. The molecule has 0 atom stereocenters. The van der Waals surface area contributed by atoms with Gasteiger partial charge in [-0.2, -0.15) is 13.2 Å². The lowest BCUT2D eigenvalue weighted by atomic mass is 10.1. The van der Waals surface area contributed by atoms with E-state index in [4.69, 9.17) is 21.1 Å². The molecule has 2 aromatic carbocycles. The van der Waals surface area contributed by atoms with Crippen LogP contribution < -0.4 is 14.8 Å². The standard InChI is InChI=1S/C19H14ClF3N2O3S/c1-27-12-4-6-15(28-2)10(7-12)8-16-17(26)25-18(29-16)24-14-5-3-11(20)9-13(14)19(21,22)23/h3-9H,1-2H3,(H,24,25,26)/b16-8-. The number of thioether (sulfide) groups is 1. The average Bonchev–Trinajstić information content (AvgIpc) is 3.01. The number of nitrogens with zero attached hydrogens (tertiary/aromatic N) is 1. The fourth-order valence-electron chi connectivity index (χ4n) is 2.52. The van der Waals surface area contributed by atoms with Crippen molar-refractivity contribution in [1.82, 2.24) is 5.32 Å². The predicted molar refractivity (Wildman–Crippen MR) is 107 cm³/mol. The second kappa shape index (κ2) is 8.38. The Kier molecular flexibility index (Phi) is 6.09. The minimum Gasteiger partial charge on any atom is -0.497 e. The number of carbonyl (C=O) groups is 1. The summed E-state index contributed by atoms with van der Waals surface area (Å²) in [5.41, 5.74) is -0.752. The quantitative estimate of drug-likeness (QED) is 0.655. The van der Waals surface area contributed by atoms with E-state index >= 15 is 0 Å². The van der Waals surface area contributed by atoms with Gasteiger partial charge in [0.05, 0.1) is 30.4 Å². The van der Waals surface area contributed by atoms with Gasteiger partial charge >= 0.3 is 6.18 Å². The molecule has 0 bridgehead atoms. The normalized spacial score (nSPS) is 17.0. The monoisotopic (exact) mass is 442 g/mol. The van der Waals surface area contributed by atoms with Crippen LogP contribution in [0.15, 0.2) is 46.3 Å². The first-order chi connectivity index (χ1) is 13.7. The highest BCUT2D eigenvalue weighted by atomic mass is 35.5. The van der Waals surface area contributed by atoms with Gasteiger partial charge in [0.1, 0.15) is 11.5 Å². The van der Waals surface area contributed by atoms with Gasteiger partial charge in [-0.1, -0.05) is 11.6 Å². The number of ether oxygens (including phenoxy) is 2. The maximum Gasteiger partial charge on any atom is 0.418 e. The molecule has 1 fully saturated rings. The molecule has 0 aromatic heterocycles. The molecule has 2 aromatic rings. The molecule has 1 heterocycles. The number of alkyl halides is 3. The molecule has 1 amide bonds. The number of hydrogen-bond donors (Lipinski definition) is 1. The van der Waals surface area contributed by atoms with E-state index < -0.39 is 17.6 Å². The van der Waals surface area contributed by atoms with Gasteiger partial charge in [-0.15, -0.1) is 0 Å². The highest BCUT2D eigenvalue weighted by Gasteiger charge is 2.34. The molecule has 1 aliphatic rings. The van der Waals surface area contributed by atoms with Crippen molar-refractivity contribution in [3.8, 4) is 11.5 Å². The van der Waals surface area contributed by atoms with Gasteiger partial charge in [0.25, 0.3) is 5.91 Å². The number of amidine groups is 1. The highest BCUT2D eigenvalue weighted by molar-refractivity contribution is 8.18. The third-order valence-corrected chi connectivity index (χ3v) is 5.01. The van der Waals surface area contributed by atoms with Crippen molar-refractivity contribution in [2.75, 3.05) is 14.2 Å². The van der Waals surface area contributed by atoms with Gasteiger partial charge in [0.2, 0.25) is 0 Å².